The van der Waals surface area contributed by atoms with E-state index in [0.29, 0.717) is 13.2 Å². The summed E-state index contributed by atoms with van der Waals surface area (Å²) in [5.74, 6) is -1.12. The Balaban J connectivity index is 1.87. The van der Waals surface area contributed by atoms with Gasteiger partial charge < -0.3 is 10.1 Å². The first kappa shape index (κ1) is 13.0. The van der Waals surface area contributed by atoms with Crippen LogP contribution in [0.1, 0.15) is 29.6 Å². The molecule has 0 aromatic carbocycles. The summed E-state index contributed by atoms with van der Waals surface area (Å²) >= 11 is 0. The van der Waals surface area contributed by atoms with Gasteiger partial charge in [-0.15, -0.1) is 0 Å². The summed E-state index contributed by atoms with van der Waals surface area (Å²) in [5, 5.41) is 2.78. The highest BCUT2D eigenvalue weighted by Crippen LogP contribution is 2.48. The number of pyridine rings is 1. The summed E-state index contributed by atoms with van der Waals surface area (Å²) in [5.41, 5.74) is 0.157. The van der Waals surface area contributed by atoms with Gasteiger partial charge in [0.15, 0.2) is 0 Å². The number of amides is 1. The molecule has 1 aliphatic carbocycles. The van der Waals surface area contributed by atoms with Crippen LogP contribution in [0.5, 0.6) is 0 Å². The molecule has 0 radical (unpaired) electrons. The van der Waals surface area contributed by atoms with E-state index in [-0.39, 0.29) is 11.0 Å². The van der Waals surface area contributed by atoms with E-state index in [2.05, 4.69) is 10.3 Å². The molecule has 1 heterocycles. The lowest BCUT2D eigenvalue weighted by molar-refractivity contribution is 0.0933. The van der Waals surface area contributed by atoms with Crippen LogP contribution in [0.25, 0.3) is 0 Å². The Morgan fingerprint density at radius 1 is 1.61 bits per heavy atom. The van der Waals surface area contributed by atoms with Crippen LogP contribution in [0.3, 0.4) is 0 Å². The fraction of sp³-hybridized carbons (Fsp3) is 0.538. The highest BCUT2D eigenvalue weighted by atomic mass is 19.1. The molecule has 1 amide bonds. The van der Waals surface area contributed by atoms with E-state index in [1.165, 1.54) is 12.3 Å². The normalized spacial score (nSPS) is 16.3. The summed E-state index contributed by atoms with van der Waals surface area (Å²) in [6, 6.07) is 2.99. The van der Waals surface area contributed by atoms with Crippen molar-refractivity contribution in [3.8, 4) is 0 Å². The van der Waals surface area contributed by atoms with Gasteiger partial charge in [0, 0.05) is 26.5 Å². The Labute approximate surface area is 106 Å². The lowest BCUT2D eigenvalue weighted by atomic mass is 10.0. The van der Waals surface area contributed by atoms with Crippen LogP contribution in [-0.4, -0.2) is 31.2 Å². The van der Waals surface area contributed by atoms with Crippen molar-refractivity contribution in [2.24, 2.45) is 5.41 Å². The highest BCUT2D eigenvalue weighted by molar-refractivity contribution is 5.94. The average molecular weight is 252 g/mol. The first-order chi connectivity index (χ1) is 8.67. The van der Waals surface area contributed by atoms with E-state index in [0.717, 1.165) is 19.3 Å². The number of carbonyl (C=O) groups excluding carboxylic acids is 1. The Morgan fingerprint density at radius 2 is 2.39 bits per heavy atom. The monoisotopic (exact) mass is 252 g/mol. The van der Waals surface area contributed by atoms with Crippen molar-refractivity contribution in [3.63, 3.8) is 0 Å². The second kappa shape index (κ2) is 5.44. The molecule has 4 nitrogen and oxygen atoms in total. The summed E-state index contributed by atoms with van der Waals surface area (Å²) in [7, 11) is 1.67. The van der Waals surface area contributed by atoms with Gasteiger partial charge in [0.1, 0.15) is 0 Å². The maximum Gasteiger partial charge on any atom is 0.255 e. The number of nitrogens with one attached hydrogen (secondary N) is 1. The first-order valence-electron chi connectivity index (χ1n) is 6.04. The van der Waals surface area contributed by atoms with Gasteiger partial charge in [-0.3, -0.25) is 4.79 Å². The van der Waals surface area contributed by atoms with E-state index < -0.39 is 11.9 Å². The fourth-order valence-electron chi connectivity index (χ4n) is 1.93. The SMILES string of the molecule is COCCC1(CNC(=O)c2cccnc2F)CC1. The molecule has 1 aliphatic rings. The van der Waals surface area contributed by atoms with Crippen molar-refractivity contribution in [3.05, 3.63) is 29.8 Å². The van der Waals surface area contributed by atoms with Crippen LogP contribution in [-0.2, 0) is 4.74 Å². The van der Waals surface area contributed by atoms with E-state index >= 15 is 0 Å². The topological polar surface area (TPSA) is 51.2 Å². The minimum absolute atomic E-state index is 0.0000384. The van der Waals surface area contributed by atoms with E-state index in [1.807, 2.05) is 0 Å². The molecule has 0 bridgehead atoms. The molecule has 0 aliphatic heterocycles. The van der Waals surface area contributed by atoms with Crippen molar-refractivity contribution < 1.29 is 13.9 Å². The molecule has 5 heteroatoms. The number of hydrogen-bond donors (Lipinski definition) is 1. The van der Waals surface area contributed by atoms with Gasteiger partial charge in [0.25, 0.3) is 5.91 Å². The van der Waals surface area contributed by atoms with Crippen molar-refractivity contribution in [2.45, 2.75) is 19.3 Å². The third-order valence-corrected chi connectivity index (χ3v) is 3.42. The molecule has 0 saturated heterocycles. The van der Waals surface area contributed by atoms with Gasteiger partial charge in [0.05, 0.1) is 5.56 Å². The predicted octanol–water partition coefficient (Wildman–Crippen LogP) is 1.77. The summed E-state index contributed by atoms with van der Waals surface area (Å²) in [4.78, 5) is 15.3. The molecule has 1 N–H and O–H groups in total. The number of rotatable bonds is 6. The zero-order chi connectivity index (χ0) is 13.0. The average Bonchev–Trinajstić information content (AvgIpc) is 3.15. The smallest absolute Gasteiger partial charge is 0.255 e. The van der Waals surface area contributed by atoms with Crippen molar-refractivity contribution in [1.82, 2.24) is 10.3 Å². The molecule has 0 spiro atoms. The molecule has 1 aromatic rings. The molecule has 1 fully saturated rings. The first-order valence-corrected chi connectivity index (χ1v) is 6.04. The number of aromatic nitrogens is 1. The lowest BCUT2D eigenvalue weighted by Gasteiger charge is -2.15. The van der Waals surface area contributed by atoms with Crippen LogP contribution in [0.15, 0.2) is 18.3 Å². The molecule has 2 rings (SSSR count). The van der Waals surface area contributed by atoms with Crippen LogP contribution >= 0.6 is 0 Å². The zero-order valence-corrected chi connectivity index (χ0v) is 10.4. The lowest BCUT2D eigenvalue weighted by Crippen LogP contribution is -2.31. The standard InChI is InChI=1S/C13H17FN2O2/c1-18-8-6-13(4-5-13)9-16-12(17)10-3-2-7-15-11(10)14/h2-3,7H,4-6,8-9H2,1H3,(H,16,17). The van der Waals surface area contributed by atoms with Crippen LogP contribution in [0.2, 0.25) is 0 Å². The maximum absolute atomic E-state index is 13.3. The van der Waals surface area contributed by atoms with Crippen LogP contribution < -0.4 is 5.32 Å². The Hall–Kier alpha value is -1.49. The number of hydrogen-bond acceptors (Lipinski definition) is 3. The molecule has 0 unspecified atom stereocenters. The second-order valence-corrected chi connectivity index (χ2v) is 4.77. The number of methoxy groups -OCH3 is 1. The molecule has 18 heavy (non-hydrogen) atoms. The van der Waals surface area contributed by atoms with Crippen LogP contribution in [0.4, 0.5) is 4.39 Å². The predicted molar refractivity (Wildman–Crippen MR) is 64.7 cm³/mol. The molecule has 1 aromatic heterocycles. The third-order valence-electron chi connectivity index (χ3n) is 3.42. The van der Waals surface area contributed by atoms with E-state index in [9.17, 15) is 9.18 Å². The number of halogens is 1. The highest BCUT2D eigenvalue weighted by Gasteiger charge is 2.42. The van der Waals surface area contributed by atoms with Crippen molar-refractivity contribution in [2.75, 3.05) is 20.3 Å². The fourth-order valence-corrected chi connectivity index (χ4v) is 1.93. The minimum Gasteiger partial charge on any atom is -0.385 e. The quantitative estimate of drug-likeness (QED) is 0.785. The van der Waals surface area contributed by atoms with E-state index in [4.69, 9.17) is 4.74 Å². The van der Waals surface area contributed by atoms with Gasteiger partial charge in [-0.25, -0.2) is 4.98 Å². The summed E-state index contributed by atoms with van der Waals surface area (Å²) < 4.78 is 18.3. The third kappa shape index (κ3) is 3.04. The Kier molecular flexibility index (Phi) is 3.91. The molecule has 98 valence electrons. The number of ether oxygens (including phenoxy) is 1. The van der Waals surface area contributed by atoms with Gasteiger partial charge in [-0.05, 0) is 36.8 Å². The van der Waals surface area contributed by atoms with Crippen molar-refractivity contribution in [1.29, 1.82) is 0 Å². The zero-order valence-electron chi connectivity index (χ0n) is 10.4. The van der Waals surface area contributed by atoms with E-state index in [1.54, 1.807) is 13.2 Å². The number of carbonyl (C=O) groups is 1. The largest absolute Gasteiger partial charge is 0.385 e. The summed E-state index contributed by atoms with van der Waals surface area (Å²) in [6.45, 7) is 1.26. The van der Waals surface area contributed by atoms with Crippen molar-refractivity contribution >= 4 is 5.91 Å². The molecular formula is C13H17FN2O2. The Bertz CT molecular complexity index is 433. The number of nitrogens with zero attached hydrogens (tertiary/aromatic N) is 1. The molecular weight excluding hydrogens is 235 g/mol. The van der Waals surface area contributed by atoms with Crippen LogP contribution in [0, 0.1) is 11.4 Å². The maximum atomic E-state index is 13.3. The molecule has 1 saturated carbocycles. The Morgan fingerprint density at radius 3 is 3.00 bits per heavy atom. The minimum atomic E-state index is -0.725. The molecule has 0 atom stereocenters. The van der Waals surface area contributed by atoms with Gasteiger partial charge in [0.2, 0.25) is 5.95 Å². The second-order valence-electron chi connectivity index (χ2n) is 4.77. The van der Waals surface area contributed by atoms with Gasteiger partial charge in [-0.2, -0.15) is 4.39 Å². The van der Waals surface area contributed by atoms with Gasteiger partial charge >= 0.3 is 0 Å². The van der Waals surface area contributed by atoms with Gasteiger partial charge in [-0.1, -0.05) is 0 Å². The summed E-state index contributed by atoms with van der Waals surface area (Å²) in [6.07, 6.45) is 4.44.